The number of hydrogen-bond acceptors (Lipinski definition) is 0. The Morgan fingerprint density at radius 2 is 1.73 bits per heavy atom. The van der Waals surface area contributed by atoms with Gasteiger partial charge in [0, 0.05) is 0 Å². The molecule has 0 aliphatic heterocycles. The van der Waals surface area contributed by atoms with Gasteiger partial charge in [0.1, 0.15) is 0 Å². The monoisotopic (exact) mass is 200 g/mol. The fraction of sp³-hybridized carbons (Fsp3) is 0.333. The first-order valence-electron chi connectivity index (χ1n) is 5.79. The summed E-state index contributed by atoms with van der Waals surface area (Å²) in [6.45, 7) is 6.26. The smallest absolute Gasteiger partial charge is 0.0212 e. The van der Waals surface area contributed by atoms with Gasteiger partial charge in [0.15, 0.2) is 0 Å². The Kier molecular flexibility index (Phi) is 4.89. The normalized spacial score (nSPS) is 18.9. The van der Waals surface area contributed by atoms with Gasteiger partial charge in [-0.05, 0) is 23.5 Å². The van der Waals surface area contributed by atoms with Crippen molar-refractivity contribution in [3.8, 4) is 0 Å². The average Bonchev–Trinajstić information content (AvgIpc) is 2.33. The van der Waals surface area contributed by atoms with E-state index in [4.69, 9.17) is 0 Å². The lowest BCUT2D eigenvalue weighted by atomic mass is 9.91. The molecule has 0 saturated carbocycles. The van der Waals surface area contributed by atoms with E-state index in [1.54, 1.807) is 0 Å². The maximum absolute atomic E-state index is 2.26. The molecule has 0 radical (unpaired) electrons. The molecule has 15 heavy (non-hydrogen) atoms. The van der Waals surface area contributed by atoms with Crippen molar-refractivity contribution >= 4 is 5.57 Å². The Morgan fingerprint density at radius 1 is 1.07 bits per heavy atom. The Hall–Kier alpha value is -1.30. The third-order valence-electron chi connectivity index (χ3n) is 2.42. The van der Waals surface area contributed by atoms with Crippen LogP contribution in [0.3, 0.4) is 0 Å². The molecule has 1 aromatic carbocycles. The van der Waals surface area contributed by atoms with Crippen molar-refractivity contribution < 1.29 is 0 Å². The highest BCUT2D eigenvalue weighted by atomic mass is 14.1. The lowest BCUT2D eigenvalue weighted by Crippen LogP contribution is -1.96. The highest BCUT2D eigenvalue weighted by Gasteiger charge is 2.07. The topological polar surface area (TPSA) is 0 Å². The first-order valence-corrected chi connectivity index (χ1v) is 5.79. The van der Waals surface area contributed by atoms with Crippen LogP contribution in [0.25, 0.3) is 5.57 Å². The van der Waals surface area contributed by atoms with Crippen LogP contribution in [0.2, 0.25) is 0 Å². The minimum Gasteiger partial charge on any atom is -0.0814 e. The van der Waals surface area contributed by atoms with Gasteiger partial charge in [0.05, 0.1) is 0 Å². The summed E-state index contributed by atoms with van der Waals surface area (Å²) in [7, 11) is 0. The molecule has 0 N–H and O–H groups in total. The van der Waals surface area contributed by atoms with E-state index in [0.717, 1.165) is 0 Å². The number of allylic oxidation sites excluding steroid dienone is 4. The van der Waals surface area contributed by atoms with E-state index in [1.807, 2.05) is 13.8 Å². The zero-order valence-corrected chi connectivity index (χ0v) is 9.90. The Balaban J connectivity index is 0.000000531. The van der Waals surface area contributed by atoms with E-state index in [0.29, 0.717) is 5.92 Å². The third kappa shape index (κ3) is 3.39. The average molecular weight is 200 g/mol. The van der Waals surface area contributed by atoms with Crippen LogP contribution in [0.15, 0.2) is 48.6 Å². The van der Waals surface area contributed by atoms with Gasteiger partial charge in [-0.15, -0.1) is 0 Å². The molecule has 0 heteroatoms. The van der Waals surface area contributed by atoms with Crippen LogP contribution in [-0.2, 0) is 0 Å². The highest BCUT2D eigenvalue weighted by molar-refractivity contribution is 5.68. The maximum Gasteiger partial charge on any atom is -0.0212 e. The molecule has 1 aliphatic carbocycles. The maximum atomic E-state index is 2.26. The molecule has 1 aromatic rings. The molecular formula is C15H20. The van der Waals surface area contributed by atoms with Gasteiger partial charge in [-0.1, -0.05) is 69.3 Å². The van der Waals surface area contributed by atoms with Gasteiger partial charge in [-0.3, -0.25) is 0 Å². The molecular weight excluding hydrogens is 180 g/mol. The molecule has 2 rings (SSSR count). The molecule has 0 aromatic heterocycles. The lowest BCUT2D eigenvalue weighted by Gasteiger charge is -2.14. The van der Waals surface area contributed by atoms with Crippen LogP contribution in [-0.4, -0.2) is 0 Å². The number of benzene rings is 1. The zero-order valence-electron chi connectivity index (χ0n) is 9.90. The second-order valence-electron chi connectivity index (χ2n) is 3.62. The van der Waals surface area contributed by atoms with Crippen molar-refractivity contribution in [1.29, 1.82) is 0 Å². The first-order chi connectivity index (χ1) is 7.36. The summed E-state index contributed by atoms with van der Waals surface area (Å²) in [4.78, 5) is 0. The van der Waals surface area contributed by atoms with Crippen LogP contribution in [0.5, 0.6) is 0 Å². The van der Waals surface area contributed by atoms with Gasteiger partial charge in [-0.25, -0.2) is 0 Å². The SMILES string of the molecule is CC.CC1C=CC=C(c2ccccc2)C1. The quantitative estimate of drug-likeness (QED) is 0.617. The molecule has 0 nitrogen and oxygen atoms in total. The Morgan fingerprint density at radius 3 is 2.33 bits per heavy atom. The van der Waals surface area contributed by atoms with Crippen LogP contribution < -0.4 is 0 Å². The molecule has 1 atom stereocenters. The van der Waals surface area contributed by atoms with Gasteiger partial charge >= 0.3 is 0 Å². The standard InChI is InChI=1S/C13H14.C2H6/c1-11-6-5-9-13(10-11)12-7-3-2-4-8-12;1-2/h2-9,11H,10H2,1H3;1-2H3. The predicted octanol–water partition coefficient (Wildman–Crippen LogP) is 4.69. The molecule has 0 bridgehead atoms. The van der Waals surface area contributed by atoms with Gasteiger partial charge in [0.2, 0.25) is 0 Å². The second kappa shape index (κ2) is 6.23. The molecule has 0 heterocycles. The van der Waals surface area contributed by atoms with Crippen LogP contribution >= 0.6 is 0 Å². The molecule has 80 valence electrons. The minimum atomic E-state index is 0.681. The summed E-state index contributed by atoms with van der Waals surface area (Å²) in [6, 6.07) is 10.6. The van der Waals surface area contributed by atoms with E-state index >= 15 is 0 Å². The second-order valence-corrected chi connectivity index (χ2v) is 3.62. The molecule has 0 spiro atoms. The fourth-order valence-electron chi connectivity index (χ4n) is 1.71. The Labute approximate surface area is 93.3 Å². The van der Waals surface area contributed by atoms with Gasteiger partial charge in [-0.2, -0.15) is 0 Å². The number of rotatable bonds is 1. The lowest BCUT2D eigenvalue weighted by molar-refractivity contribution is 0.749. The highest BCUT2D eigenvalue weighted by Crippen LogP contribution is 2.26. The van der Waals surface area contributed by atoms with Crippen LogP contribution in [0, 0.1) is 5.92 Å². The van der Waals surface area contributed by atoms with E-state index in [-0.39, 0.29) is 0 Å². The summed E-state index contributed by atoms with van der Waals surface area (Å²) in [5.74, 6) is 0.681. The fourth-order valence-corrected chi connectivity index (χ4v) is 1.71. The van der Waals surface area contributed by atoms with Gasteiger partial charge < -0.3 is 0 Å². The predicted molar refractivity (Wildman–Crippen MR) is 68.7 cm³/mol. The van der Waals surface area contributed by atoms with E-state index in [9.17, 15) is 0 Å². The molecule has 1 aliphatic rings. The summed E-state index contributed by atoms with van der Waals surface area (Å²) in [5, 5.41) is 0. The van der Waals surface area contributed by atoms with Crippen molar-refractivity contribution in [1.82, 2.24) is 0 Å². The third-order valence-corrected chi connectivity index (χ3v) is 2.42. The van der Waals surface area contributed by atoms with Crippen molar-refractivity contribution in [2.45, 2.75) is 27.2 Å². The Bertz CT molecular complexity index is 330. The van der Waals surface area contributed by atoms with E-state index in [1.165, 1.54) is 17.6 Å². The zero-order chi connectivity index (χ0) is 11.1. The minimum absolute atomic E-state index is 0.681. The molecule has 1 unspecified atom stereocenters. The van der Waals surface area contributed by atoms with Crippen LogP contribution in [0.4, 0.5) is 0 Å². The molecule has 0 fully saturated rings. The number of hydrogen-bond donors (Lipinski definition) is 0. The van der Waals surface area contributed by atoms with E-state index < -0.39 is 0 Å². The van der Waals surface area contributed by atoms with Crippen LogP contribution in [0.1, 0.15) is 32.8 Å². The van der Waals surface area contributed by atoms with E-state index in [2.05, 4.69) is 55.5 Å². The van der Waals surface area contributed by atoms with Gasteiger partial charge in [0.25, 0.3) is 0 Å². The van der Waals surface area contributed by atoms with Crippen molar-refractivity contribution in [3.63, 3.8) is 0 Å². The summed E-state index contributed by atoms with van der Waals surface area (Å²) in [5.41, 5.74) is 2.81. The van der Waals surface area contributed by atoms with Crippen molar-refractivity contribution in [3.05, 3.63) is 54.1 Å². The molecule has 0 amide bonds. The largest absolute Gasteiger partial charge is 0.0814 e. The summed E-state index contributed by atoms with van der Waals surface area (Å²) >= 11 is 0. The first kappa shape index (κ1) is 11.8. The van der Waals surface area contributed by atoms with Crippen molar-refractivity contribution in [2.24, 2.45) is 5.92 Å². The molecule has 0 saturated heterocycles. The summed E-state index contributed by atoms with van der Waals surface area (Å²) < 4.78 is 0. The summed E-state index contributed by atoms with van der Waals surface area (Å²) in [6.07, 6.45) is 7.80. The van der Waals surface area contributed by atoms with Crippen molar-refractivity contribution in [2.75, 3.05) is 0 Å².